The molecule has 0 spiro atoms. The quantitative estimate of drug-likeness (QED) is 0.566. The SMILES string of the molecule is Cc1c(C(=O)N2CCCC2c2ccc3c(c2)OCCO3)sc2nc3n(c(=O)c12)CCCCC3. The lowest BCUT2D eigenvalue weighted by Crippen LogP contribution is -2.30. The fraction of sp³-hybridized carbons (Fsp3) is 0.480. The topological polar surface area (TPSA) is 73.7 Å². The van der Waals surface area contributed by atoms with Crippen LogP contribution in [0.4, 0.5) is 0 Å². The van der Waals surface area contributed by atoms with Gasteiger partial charge in [-0.3, -0.25) is 14.2 Å². The lowest BCUT2D eigenvalue weighted by Gasteiger charge is -2.26. The van der Waals surface area contributed by atoms with Crippen LogP contribution in [0, 0.1) is 6.92 Å². The van der Waals surface area contributed by atoms with Crippen LogP contribution in [0.1, 0.15) is 64.8 Å². The molecule has 1 fully saturated rings. The maximum atomic E-state index is 13.7. The number of likely N-dealkylation sites (tertiary alicyclic amines) is 1. The van der Waals surface area contributed by atoms with Gasteiger partial charge in [-0.05, 0) is 55.9 Å². The number of thiophene rings is 1. The Morgan fingerprint density at radius 3 is 2.82 bits per heavy atom. The smallest absolute Gasteiger partial charge is 0.264 e. The lowest BCUT2D eigenvalue weighted by molar-refractivity contribution is 0.0739. The monoisotopic (exact) mass is 465 g/mol. The molecule has 3 aliphatic rings. The van der Waals surface area contributed by atoms with E-state index in [1.807, 2.05) is 34.6 Å². The van der Waals surface area contributed by atoms with Crippen molar-refractivity contribution >= 4 is 27.5 Å². The number of rotatable bonds is 2. The van der Waals surface area contributed by atoms with E-state index in [0.29, 0.717) is 41.4 Å². The fourth-order valence-corrected chi connectivity index (χ4v) is 6.51. The zero-order chi connectivity index (χ0) is 22.5. The molecule has 1 amide bonds. The van der Waals surface area contributed by atoms with Gasteiger partial charge < -0.3 is 14.4 Å². The van der Waals surface area contributed by atoms with Crippen molar-refractivity contribution in [3.05, 3.63) is 50.4 Å². The van der Waals surface area contributed by atoms with Crippen LogP contribution < -0.4 is 15.0 Å². The van der Waals surface area contributed by atoms with Crippen LogP contribution in [0.25, 0.3) is 10.2 Å². The minimum absolute atomic E-state index is 0.00696. The molecule has 2 aromatic heterocycles. The third-order valence-electron chi connectivity index (χ3n) is 7.07. The van der Waals surface area contributed by atoms with E-state index in [9.17, 15) is 9.59 Å². The minimum atomic E-state index is -0.0105. The van der Waals surface area contributed by atoms with Gasteiger partial charge in [0.15, 0.2) is 11.5 Å². The molecule has 172 valence electrons. The summed E-state index contributed by atoms with van der Waals surface area (Å²) in [5, 5.41) is 0.615. The van der Waals surface area contributed by atoms with Crippen LogP contribution in [0.2, 0.25) is 0 Å². The van der Waals surface area contributed by atoms with Crippen molar-refractivity contribution in [1.29, 1.82) is 0 Å². The first-order valence-corrected chi connectivity index (χ1v) is 12.7. The summed E-state index contributed by atoms with van der Waals surface area (Å²) in [4.78, 5) is 35.2. The summed E-state index contributed by atoms with van der Waals surface area (Å²) in [6, 6.07) is 5.97. The molecule has 0 radical (unpaired) electrons. The third-order valence-corrected chi connectivity index (χ3v) is 8.24. The Hall–Kier alpha value is -2.87. The minimum Gasteiger partial charge on any atom is -0.486 e. The number of aromatic nitrogens is 2. The van der Waals surface area contributed by atoms with E-state index in [2.05, 4.69) is 0 Å². The van der Waals surface area contributed by atoms with E-state index in [4.69, 9.17) is 14.5 Å². The molecule has 0 N–H and O–H groups in total. The van der Waals surface area contributed by atoms with Crippen molar-refractivity contribution in [2.75, 3.05) is 19.8 Å². The van der Waals surface area contributed by atoms with Crippen LogP contribution >= 0.6 is 11.3 Å². The number of aryl methyl sites for hydroxylation is 2. The van der Waals surface area contributed by atoms with Crippen molar-refractivity contribution < 1.29 is 14.3 Å². The molecule has 0 bridgehead atoms. The van der Waals surface area contributed by atoms with Crippen LogP contribution in [-0.2, 0) is 13.0 Å². The summed E-state index contributed by atoms with van der Waals surface area (Å²) in [5.74, 6) is 2.36. The highest BCUT2D eigenvalue weighted by atomic mass is 32.1. The predicted molar refractivity (Wildman–Crippen MR) is 127 cm³/mol. The molecule has 1 saturated heterocycles. The Kier molecular flexibility index (Phi) is 5.13. The summed E-state index contributed by atoms with van der Waals surface area (Å²) < 4.78 is 13.2. The third kappa shape index (κ3) is 3.42. The van der Waals surface area contributed by atoms with Gasteiger partial charge in [0.2, 0.25) is 0 Å². The maximum absolute atomic E-state index is 13.7. The summed E-state index contributed by atoms with van der Waals surface area (Å²) >= 11 is 1.37. The second-order valence-electron chi connectivity index (χ2n) is 9.09. The van der Waals surface area contributed by atoms with Crippen LogP contribution in [-0.4, -0.2) is 40.1 Å². The van der Waals surface area contributed by atoms with Gasteiger partial charge in [-0.1, -0.05) is 12.5 Å². The van der Waals surface area contributed by atoms with Gasteiger partial charge in [0.1, 0.15) is 23.9 Å². The molecule has 5 heterocycles. The van der Waals surface area contributed by atoms with Crippen molar-refractivity contribution in [2.24, 2.45) is 0 Å². The number of ether oxygens (including phenoxy) is 2. The Balaban J connectivity index is 1.37. The van der Waals surface area contributed by atoms with Gasteiger partial charge in [0.25, 0.3) is 11.5 Å². The number of nitrogens with zero attached hydrogens (tertiary/aromatic N) is 3. The molecule has 1 unspecified atom stereocenters. The highest BCUT2D eigenvalue weighted by Gasteiger charge is 2.34. The number of hydrogen-bond donors (Lipinski definition) is 0. The van der Waals surface area contributed by atoms with E-state index in [0.717, 1.165) is 67.0 Å². The zero-order valence-electron chi connectivity index (χ0n) is 18.8. The van der Waals surface area contributed by atoms with Gasteiger partial charge in [-0.25, -0.2) is 4.98 Å². The highest BCUT2D eigenvalue weighted by molar-refractivity contribution is 7.20. The maximum Gasteiger partial charge on any atom is 0.264 e. The lowest BCUT2D eigenvalue weighted by atomic mass is 10.0. The molecule has 0 aliphatic carbocycles. The largest absolute Gasteiger partial charge is 0.486 e. The normalized spacial score (nSPS) is 20.0. The fourth-order valence-electron chi connectivity index (χ4n) is 5.37. The molecular formula is C25H27N3O4S. The zero-order valence-corrected chi connectivity index (χ0v) is 19.6. The first-order valence-electron chi connectivity index (χ1n) is 11.8. The molecule has 6 rings (SSSR count). The van der Waals surface area contributed by atoms with Crippen LogP contribution in [0.5, 0.6) is 11.5 Å². The average molecular weight is 466 g/mol. The van der Waals surface area contributed by atoms with Crippen molar-refractivity contribution in [1.82, 2.24) is 14.5 Å². The molecule has 7 nitrogen and oxygen atoms in total. The highest BCUT2D eigenvalue weighted by Crippen LogP contribution is 2.40. The molecule has 0 saturated carbocycles. The van der Waals surface area contributed by atoms with Gasteiger partial charge >= 0.3 is 0 Å². The number of benzene rings is 1. The van der Waals surface area contributed by atoms with Gasteiger partial charge in [-0.15, -0.1) is 11.3 Å². The number of carbonyl (C=O) groups is 1. The number of carbonyl (C=O) groups excluding carboxylic acids is 1. The molecule has 1 aromatic carbocycles. The Morgan fingerprint density at radius 2 is 1.94 bits per heavy atom. The summed E-state index contributed by atoms with van der Waals surface area (Å²) in [6.45, 7) is 4.41. The van der Waals surface area contributed by atoms with E-state index < -0.39 is 0 Å². The Morgan fingerprint density at radius 1 is 1.09 bits per heavy atom. The Labute approximate surface area is 195 Å². The van der Waals surface area contributed by atoms with E-state index in [-0.39, 0.29) is 17.5 Å². The van der Waals surface area contributed by atoms with E-state index in [1.54, 1.807) is 0 Å². The summed E-state index contributed by atoms with van der Waals surface area (Å²) in [5.41, 5.74) is 1.84. The first-order chi connectivity index (χ1) is 16.1. The van der Waals surface area contributed by atoms with Crippen molar-refractivity contribution in [3.8, 4) is 11.5 Å². The molecular weight excluding hydrogens is 438 g/mol. The molecule has 1 atom stereocenters. The number of hydrogen-bond acceptors (Lipinski definition) is 6. The molecule has 8 heteroatoms. The first kappa shape index (κ1) is 20.7. The van der Waals surface area contributed by atoms with Crippen LogP contribution in [0.3, 0.4) is 0 Å². The van der Waals surface area contributed by atoms with Crippen molar-refractivity contribution in [2.45, 2.75) is 58.0 Å². The van der Waals surface area contributed by atoms with Crippen molar-refractivity contribution in [3.63, 3.8) is 0 Å². The van der Waals surface area contributed by atoms with Crippen LogP contribution in [0.15, 0.2) is 23.0 Å². The molecule has 3 aliphatic heterocycles. The summed E-state index contributed by atoms with van der Waals surface area (Å²) in [7, 11) is 0. The second kappa shape index (κ2) is 8.17. The molecule has 3 aromatic rings. The van der Waals surface area contributed by atoms with E-state index in [1.165, 1.54) is 11.3 Å². The second-order valence-corrected chi connectivity index (χ2v) is 10.1. The molecule has 33 heavy (non-hydrogen) atoms. The number of amides is 1. The van der Waals surface area contributed by atoms with Gasteiger partial charge in [0.05, 0.1) is 16.3 Å². The Bertz CT molecular complexity index is 1310. The predicted octanol–water partition coefficient (Wildman–Crippen LogP) is 4.24. The number of fused-ring (bicyclic) bond motifs is 3. The van der Waals surface area contributed by atoms with Gasteiger partial charge in [-0.2, -0.15) is 0 Å². The van der Waals surface area contributed by atoms with Gasteiger partial charge in [0, 0.05) is 19.5 Å². The van der Waals surface area contributed by atoms with E-state index >= 15 is 0 Å². The average Bonchev–Trinajstić information content (AvgIpc) is 3.36. The standard InChI is InChI=1S/C25H27N3O4S/c1-15-21-23(26-20-7-3-2-4-10-28(20)24(21)29)33-22(15)25(30)27-11-5-6-17(27)16-8-9-18-19(14-16)32-13-12-31-18/h8-9,14,17H,2-7,10-13H2,1H3. The summed E-state index contributed by atoms with van der Waals surface area (Å²) in [6.07, 6.45) is 5.85.